The van der Waals surface area contributed by atoms with Gasteiger partial charge in [-0.25, -0.2) is 0 Å². The normalized spacial score (nSPS) is 40.3. The van der Waals surface area contributed by atoms with E-state index in [-0.39, 0.29) is 5.41 Å². The number of hydrogen-bond donors (Lipinski definition) is 0. The predicted molar refractivity (Wildman–Crippen MR) is 49.2 cm³/mol. The molecule has 0 spiro atoms. The van der Waals surface area contributed by atoms with Gasteiger partial charge in [0.1, 0.15) is 0 Å². The molecule has 0 heterocycles. The van der Waals surface area contributed by atoms with Crippen molar-refractivity contribution >= 4 is 6.98 Å². The fourth-order valence-electron chi connectivity index (χ4n) is 3.13. The molecule has 0 atom stereocenters. The van der Waals surface area contributed by atoms with E-state index in [1.807, 2.05) is 6.92 Å². The molecule has 3 aliphatic carbocycles. The van der Waals surface area contributed by atoms with Gasteiger partial charge in [0.05, 0.1) is 0 Å². The summed E-state index contributed by atoms with van der Waals surface area (Å²) in [6, 6.07) is 0. The average molecular weight is 207 g/mol. The molecule has 3 aliphatic rings. The van der Waals surface area contributed by atoms with E-state index in [1.165, 1.54) is 0 Å². The zero-order valence-electron chi connectivity index (χ0n) is 8.36. The van der Waals surface area contributed by atoms with Crippen molar-refractivity contribution < 1.29 is 17.7 Å². The SMILES string of the molecule is CCOCCC12CC([B-](F)(F)F)(C1)C2. The van der Waals surface area contributed by atoms with Gasteiger partial charge in [-0.15, -0.1) is 0 Å². The Kier molecular flexibility index (Phi) is 2.14. The van der Waals surface area contributed by atoms with Crippen LogP contribution in [0.1, 0.15) is 32.6 Å². The Morgan fingerprint density at radius 2 is 1.79 bits per heavy atom. The molecule has 0 radical (unpaired) electrons. The zero-order valence-corrected chi connectivity index (χ0v) is 8.36. The summed E-state index contributed by atoms with van der Waals surface area (Å²) in [7, 11) is 0. The van der Waals surface area contributed by atoms with Gasteiger partial charge in [0, 0.05) is 13.2 Å². The molecule has 0 amide bonds. The van der Waals surface area contributed by atoms with E-state index in [2.05, 4.69) is 0 Å². The highest BCUT2D eigenvalue weighted by atomic mass is 19.4. The lowest BCUT2D eigenvalue weighted by atomic mass is 9.24. The molecule has 5 heteroatoms. The second-order valence-electron chi connectivity index (χ2n) is 4.91. The molecule has 0 aliphatic heterocycles. The quantitative estimate of drug-likeness (QED) is 0.496. The van der Waals surface area contributed by atoms with Gasteiger partial charge in [-0.05, 0) is 18.8 Å². The molecule has 2 bridgehead atoms. The van der Waals surface area contributed by atoms with E-state index in [0.717, 1.165) is 6.42 Å². The minimum Gasteiger partial charge on any atom is -0.449 e. The van der Waals surface area contributed by atoms with Crippen LogP contribution in [-0.4, -0.2) is 20.2 Å². The van der Waals surface area contributed by atoms with Crippen LogP contribution in [0.25, 0.3) is 0 Å². The molecule has 3 rings (SSSR count). The van der Waals surface area contributed by atoms with Crippen molar-refractivity contribution in [3.8, 4) is 0 Å². The number of halogens is 3. The first-order valence-corrected chi connectivity index (χ1v) is 5.20. The molecule has 1 nitrogen and oxygen atoms in total. The second kappa shape index (κ2) is 2.91. The molecule has 0 N–H and O–H groups in total. The molecular weight excluding hydrogens is 192 g/mol. The van der Waals surface area contributed by atoms with Crippen LogP contribution in [-0.2, 0) is 4.74 Å². The summed E-state index contributed by atoms with van der Waals surface area (Å²) in [5.41, 5.74) is 0.00639. The van der Waals surface area contributed by atoms with Gasteiger partial charge in [-0.3, -0.25) is 0 Å². The topological polar surface area (TPSA) is 9.23 Å². The summed E-state index contributed by atoms with van der Waals surface area (Å²) in [6.45, 7) is -1.42. The molecule has 0 saturated heterocycles. The third-order valence-corrected chi connectivity index (χ3v) is 3.86. The largest absolute Gasteiger partial charge is 0.484 e. The predicted octanol–water partition coefficient (Wildman–Crippen LogP) is 3.18. The fraction of sp³-hybridized carbons (Fsp3) is 1.00. The molecule has 82 valence electrons. The summed E-state index contributed by atoms with van der Waals surface area (Å²) in [5.74, 6) is 0. The summed E-state index contributed by atoms with van der Waals surface area (Å²) in [5, 5.41) is -1.23. The van der Waals surface area contributed by atoms with E-state index < -0.39 is 12.3 Å². The minimum atomic E-state index is -4.60. The van der Waals surface area contributed by atoms with Gasteiger partial charge in [0.25, 0.3) is 0 Å². The Hall–Kier alpha value is -0.185. The fourth-order valence-corrected chi connectivity index (χ4v) is 3.13. The van der Waals surface area contributed by atoms with Crippen LogP contribution < -0.4 is 0 Å². The smallest absolute Gasteiger partial charge is 0.449 e. The molecular formula is C9H15BF3O-. The Balaban J connectivity index is 1.77. The molecule has 3 saturated carbocycles. The third-order valence-electron chi connectivity index (χ3n) is 3.86. The van der Waals surface area contributed by atoms with Crippen molar-refractivity contribution in [1.29, 1.82) is 0 Å². The first kappa shape index (κ1) is 10.3. The van der Waals surface area contributed by atoms with Gasteiger partial charge >= 0.3 is 6.98 Å². The van der Waals surface area contributed by atoms with Crippen molar-refractivity contribution in [2.75, 3.05) is 13.2 Å². The highest BCUT2D eigenvalue weighted by Crippen LogP contribution is 2.83. The van der Waals surface area contributed by atoms with E-state index in [0.29, 0.717) is 32.5 Å². The van der Waals surface area contributed by atoms with E-state index in [1.54, 1.807) is 0 Å². The molecule has 0 aromatic heterocycles. The maximum Gasteiger partial charge on any atom is 0.484 e. The van der Waals surface area contributed by atoms with Crippen LogP contribution in [0, 0.1) is 5.41 Å². The van der Waals surface area contributed by atoms with E-state index in [9.17, 15) is 12.9 Å². The Labute approximate surface area is 82.1 Å². The first-order chi connectivity index (χ1) is 6.43. The van der Waals surface area contributed by atoms with Gasteiger partial charge in [-0.2, -0.15) is 0 Å². The monoisotopic (exact) mass is 207 g/mol. The van der Waals surface area contributed by atoms with Crippen LogP contribution in [0.3, 0.4) is 0 Å². The minimum absolute atomic E-state index is 0.00639. The molecule has 0 unspecified atom stereocenters. The Morgan fingerprint density at radius 1 is 1.21 bits per heavy atom. The van der Waals surface area contributed by atoms with Crippen LogP contribution in [0.4, 0.5) is 12.9 Å². The highest BCUT2D eigenvalue weighted by molar-refractivity contribution is 6.63. The zero-order chi connectivity index (χ0) is 10.4. The Bertz CT molecular complexity index is 219. The van der Waals surface area contributed by atoms with Crippen molar-refractivity contribution in [2.24, 2.45) is 5.41 Å². The second-order valence-corrected chi connectivity index (χ2v) is 4.91. The van der Waals surface area contributed by atoms with E-state index >= 15 is 0 Å². The molecule has 0 aromatic carbocycles. The van der Waals surface area contributed by atoms with Gasteiger partial charge < -0.3 is 17.7 Å². The number of ether oxygens (including phenoxy) is 1. The summed E-state index contributed by atoms with van der Waals surface area (Å²) in [4.78, 5) is 0. The summed E-state index contributed by atoms with van der Waals surface area (Å²) < 4.78 is 42.7. The van der Waals surface area contributed by atoms with Crippen molar-refractivity contribution in [3.05, 3.63) is 0 Å². The van der Waals surface area contributed by atoms with Crippen LogP contribution in [0.15, 0.2) is 0 Å². The van der Waals surface area contributed by atoms with Gasteiger partial charge in [-0.1, -0.05) is 24.6 Å². The van der Waals surface area contributed by atoms with Crippen molar-refractivity contribution in [1.82, 2.24) is 0 Å². The Morgan fingerprint density at radius 3 is 2.21 bits per heavy atom. The average Bonchev–Trinajstić information content (AvgIpc) is 1.88. The summed E-state index contributed by atoms with van der Waals surface area (Å²) >= 11 is 0. The lowest BCUT2D eigenvalue weighted by Gasteiger charge is -2.75. The molecule has 0 aromatic rings. The third kappa shape index (κ3) is 1.28. The van der Waals surface area contributed by atoms with Crippen LogP contribution >= 0.6 is 0 Å². The highest BCUT2D eigenvalue weighted by Gasteiger charge is 2.73. The maximum atomic E-state index is 12.5. The first-order valence-electron chi connectivity index (χ1n) is 5.20. The lowest BCUT2D eigenvalue weighted by Crippen LogP contribution is -2.65. The maximum absolute atomic E-state index is 12.5. The van der Waals surface area contributed by atoms with Crippen molar-refractivity contribution in [3.63, 3.8) is 0 Å². The number of rotatable bonds is 5. The molecule has 14 heavy (non-hydrogen) atoms. The molecule has 3 fully saturated rings. The van der Waals surface area contributed by atoms with Gasteiger partial charge in [0.15, 0.2) is 0 Å². The van der Waals surface area contributed by atoms with E-state index in [4.69, 9.17) is 4.74 Å². The lowest BCUT2D eigenvalue weighted by molar-refractivity contribution is -0.128. The van der Waals surface area contributed by atoms with Crippen LogP contribution in [0.2, 0.25) is 5.31 Å². The van der Waals surface area contributed by atoms with Gasteiger partial charge in [0.2, 0.25) is 0 Å². The summed E-state index contributed by atoms with van der Waals surface area (Å²) in [6.07, 6.45) is 1.93. The number of hydrogen-bond acceptors (Lipinski definition) is 1. The van der Waals surface area contributed by atoms with Crippen molar-refractivity contribution in [2.45, 2.75) is 37.9 Å². The standard InChI is InChI=1S/C9H15BF3O/c1-2-14-4-3-8-5-9(6-8,7-8)10(11,12)13/h2-7H2,1H3/q-1. The van der Waals surface area contributed by atoms with Crippen LogP contribution in [0.5, 0.6) is 0 Å².